The molecule has 0 atom stereocenters. The van der Waals surface area contributed by atoms with E-state index in [0.29, 0.717) is 27.9 Å². The summed E-state index contributed by atoms with van der Waals surface area (Å²) in [5.74, 6) is 1.85. The Kier molecular flexibility index (Phi) is 5.28. The van der Waals surface area contributed by atoms with Gasteiger partial charge in [-0.05, 0) is 50.3 Å². The van der Waals surface area contributed by atoms with E-state index in [0.717, 1.165) is 11.3 Å². The van der Waals surface area contributed by atoms with Crippen LogP contribution in [0.3, 0.4) is 0 Å². The molecule has 134 valence electrons. The van der Waals surface area contributed by atoms with Crippen LogP contribution in [-0.4, -0.2) is 15.6 Å². The van der Waals surface area contributed by atoms with Crippen molar-refractivity contribution in [2.24, 2.45) is 7.05 Å². The number of ether oxygens (including phenoxy) is 1. The third-order valence-electron chi connectivity index (χ3n) is 4.17. The van der Waals surface area contributed by atoms with Gasteiger partial charge in [0.05, 0.1) is 11.8 Å². The SMILES string of the molecule is Cc1c(Cl)cccc1OCc1ccc(/C=C/C(=O)c2cnn(C)c2C)o1. The number of halogens is 1. The molecule has 0 fully saturated rings. The molecule has 5 nitrogen and oxygen atoms in total. The average Bonchev–Trinajstić information content (AvgIpc) is 3.21. The Balaban J connectivity index is 1.63. The van der Waals surface area contributed by atoms with E-state index in [1.807, 2.05) is 38.1 Å². The second-order valence-corrected chi connectivity index (χ2v) is 6.33. The third-order valence-corrected chi connectivity index (χ3v) is 4.58. The number of rotatable bonds is 6. The van der Waals surface area contributed by atoms with Crippen molar-refractivity contribution in [1.82, 2.24) is 9.78 Å². The van der Waals surface area contributed by atoms with E-state index in [9.17, 15) is 4.79 Å². The molecule has 0 bridgehead atoms. The van der Waals surface area contributed by atoms with Crippen LogP contribution in [0.4, 0.5) is 0 Å². The van der Waals surface area contributed by atoms with Crippen molar-refractivity contribution in [3.8, 4) is 5.75 Å². The van der Waals surface area contributed by atoms with Crippen molar-refractivity contribution >= 4 is 23.5 Å². The van der Waals surface area contributed by atoms with Crippen LogP contribution in [0.5, 0.6) is 5.75 Å². The summed E-state index contributed by atoms with van der Waals surface area (Å²) < 4.78 is 13.1. The first-order valence-corrected chi connectivity index (χ1v) is 8.51. The maximum atomic E-state index is 12.2. The number of hydrogen-bond donors (Lipinski definition) is 0. The molecule has 0 N–H and O–H groups in total. The summed E-state index contributed by atoms with van der Waals surface area (Å²) in [6.45, 7) is 4.04. The summed E-state index contributed by atoms with van der Waals surface area (Å²) >= 11 is 6.08. The summed E-state index contributed by atoms with van der Waals surface area (Å²) in [6.07, 6.45) is 4.69. The number of hydrogen-bond acceptors (Lipinski definition) is 4. The monoisotopic (exact) mass is 370 g/mol. The largest absolute Gasteiger partial charge is 0.485 e. The zero-order valence-corrected chi connectivity index (χ0v) is 15.6. The molecule has 3 aromatic rings. The minimum atomic E-state index is -0.112. The predicted octanol–water partition coefficient (Wildman–Crippen LogP) is 4.76. The van der Waals surface area contributed by atoms with Crippen molar-refractivity contribution in [3.05, 3.63) is 76.0 Å². The lowest BCUT2D eigenvalue weighted by Gasteiger charge is -2.08. The average molecular weight is 371 g/mol. The second kappa shape index (κ2) is 7.62. The fourth-order valence-corrected chi connectivity index (χ4v) is 2.61. The maximum absolute atomic E-state index is 12.2. The quantitative estimate of drug-likeness (QED) is 0.463. The Hall–Kier alpha value is -2.79. The Morgan fingerprint density at radius 2 is 2.12 bits per heavy atom. The van der Waals surface area contributed by atoms with Gasteiger partial charge in [0.1, 0.15) is 23.9 Å². The Morgan fingerprint density at radius 3 is 2.85 bits per heavy atom. The highest BCUT2D eigenvalue weighted by Crippen LogP contribution is 2.26. The van der Waals surface area contributed by atoms with Gasteiger partial charge in [0.25, 0.3) is 0 Å². The van der Waals surface area contributed by atoms with E-state index < -0.39 is 0 Å². The molecule has 0 aliphatic carbocycles. The molecule has 0 spiro atoms. The van der Waals surface area contributed by atoms with Crippen molar-refractivity contribution < 1.29 is 13.9 Å². The van der Waals surface area contributed by atoms with Crippen LogP contribution in [0.1, 0.15) is 33.1 Å². The maximum Gasteiger partial charge on any atom is 0.189 e. The highest BCUT2D eigenvalue weighted by molar-refractivity contribution is 6.31. The lowest BCUT2D eigenvalue weighted by atomic mass is 10.1. The van der Waals surface area contributed by atoms with Crippen molar-refractivity contribution in [3.63, 3.8) is 0 Å². The van der Waals surface area contributed by atoms with Gasteiger partial charge in [-0.15, -0.1) is 0 Å². The van der Waals surface area contributed by atoms with Crippen LogP contribution in [0.2, 0.25) is 5.02 Å². The fourth-order valence-electron chi connectivity index (χ4n) is 2.44. The summed E-state index contributed by atoms with van der Waals surface area (Å²) in [5.41, 5.74) is 2.29. The number of carbonyl (C=O) groups excluding carboxylic acids is 1. The molecule has 0 amide bonds. The van der Waals surface area contributed by atoms with Gasteiger partial charge in [-0.1, -0.05) is 17.7 Å². The molecule has 26 heavy (non-hydrogen) atoms. The number of ketones is 1. The van der Waals surface area contributed by atoms with Crippen LogP contribution in [0, 0.1) is 13.8 Å². The predicted molar refractivity (Wildman–Crippen MR) is 101 cm³/mol. The Morgan fingerprint density at radius 1 is 1.31 bits per heavy atom. The molecule has 3 rings (SSSR count). The lowest BCUT2D eigenvalue weighted by Crippen LogP contribution is -1.98. The van der Waals surface area contributed by atoms with Crippen LogP contribution in [0.15, 0.2) is 47.0 Å². The molecule has 0 aliphatic heterocycles. The zero-order chi connectivity index (χ0) is 18.7. The number of allylic oxidation sites excluding steroid dienone is 1. The molecule has 0 saturated carbocycles. The van der Waals surface area contributed by atoms with Crippen LogP contribution in [0.25, 0.3) is 6.08 Å². The minimum absolute atomic E-state index is 0.112. The number of nitrogens with zero attached hydrogens (tertiary/aromatic N) is 2. The molecule has 0 radical (unpaired) electrons. The first-order valence-electron chi connectivity index (χ1n) is 8.13. The van der Waals surface area contributed by atoms with Gasteiger partial charge >= 0.3 is 0 Å². The molecule has 2 heterocycles. The fraction of sp³-hybridized carbons (Fsp3) is 0.200. The minimum Gasteiger partial charge on any atom is -0.485 e. The van der Waals surface area contributed by atoms with E-state index in [1.165, 1.54) is 6.08 Å². The van der Waals surface area contributed by atoms with Crippen molar-refractivity contribution in [1.29, 1.82) is 0 Å². The highest BCUT2D eigenvalue weighted by Gasteiger charge is 2.10. The zero-order valence-electron chi connectivity index (χ0n) is 14.8. The van der Waals surface area contributed by atoms with Crippen molar-refractivity contribution in [2.45, 2.75) is 20.5 Å². The van der Waals surface area contributed by atoms with Crippen LogP contribution in [-0.2, 0) is 13.7 Å². The Bertz CT molecular complexity index is 969. The summed E-state index contributed by atoms with van der Waals surface area (Å²) in [6, 6.07) is 9.14. The summed E-state index contributed by atoms with van der Waals surface area (Å²) in [7, 11) is 1.80. The topological polar surface area (TPSA) is 57.3 Å². The van der Waals surface area contributed by atoms with Gasteiger partial charge in [0.15, 0.2) is 5.78 Å². The van der Waals surface area contributed by atoms with E-state index in [1.54, 1.807) is 30.1 Å². The first-order chi connectivity index (χ1) is 12.5. The van der Waals surface area contributed by atoms with E-state index in [4.69, 9.17) is 20.8 Å². The van der Waals surface area contributed by atoms with E-state index in [-0.39, 0.29) is 12.4 Å². The molecule has 6 heteroatoms. The van der Waals surface area contributed by atoms with Crippen molar-refractivity contribution in [2.75, 3.05) is 0 Å². The summed E-state index contributed by atoms with van der Waals surface area (Å²) in [5, 5.41) is 4.74. The molecule has 0 unspecified atom stereocenters. The van der Waals surface area contributed by atoms with Gasteiger partial charge in [-0.3, -0.25) is 9.48 Å². The smallest absolute Gasteiger partial charge is 0.189 e. The molecule has 1 aromatic carbocycles. The number of aryl methyl sites for hydroxylation is 1. The van der Waals surface area contributed by atoms with E-state index in [2.05, 4.69) is 5.10 Å². The van der Waals surface area contributed by atoms with Crippen LogP contribution < -0.4 is 4.74 Å². The number of benzene rings is 1. The number of furan rings is 1. The van der Waals surface area contributed by atoms with Crippen LogP contribution >= 0.6 is 11.6 Å². The van der Waals surface area contributed by atoms with Gasteiger partial charge in [-0.2, -0.15) is 5.10 Å². The van der Waals surface area contributed by atoms with Gasteiger partial charge in [0.2, 0.25) is 0 Å². The first kappa shape index (κ1) is 18.0. The molecule has 2 aromatic heterocycles. The normalized spacial score (nSPS) is 11.2. The third kappa shape index (κ3) is 3.89. The van der Waals surface area contributed by atoms with Gasteiger partial charge < -0.3 is 9.15 Å². The standard InChI is InChI=1S/C20H19ClN2O3/c1-13-18(21)5-4-6-20(13)25-12-16-8-7-15(26-16)9-10-19(24)17-11-22-23(3)14(17)2/h4-11H,12H2,1-3H3/b10-9+. The summed E-state index contributed by atoms with van der Waals surface area (Å²) in [4.78, 5) is 12.2. The lowest BCUT2D eigenvalue weighted by molar-refractivity contribution is 0.104. The number of carbonyl (C=O) groups is 1. The molecular weight excluding hydrogens is 352 g/mol. The Labute approximate surface area is 156 Å². The number of aromatic nitrogens is 2. The molecule has 0 aliphatic rings. The van der Waals surface area contributed by atoms with E-state index >= 15 is 0 Å². The molecule has 0 saturated heterocycles. The molecular formula is C20H19ClN2O3. The van der Waals surface area contributed by atoms with Gasteiger partial charge in [0, 0.05) is 23.3 Å². The van der Waals surface area contributed by atoms with Gasteiger partial charge in [-0.25, -0.2) is 0 Å². The highest BCUT2D eigenvalue weighted by atomic mass is 35.5. The second-order valence-electron chi connectivity index (χ2n) is 5.92.